The molecule has 0 aromatic heterocycles. The maximum Gasteiger partial charge on any atom is 0.0833 e. The first-order chi connectivity index (χ1) is 5.67. The fourth-order valence-corrected chi connectivity index (χ4v) is 2.45. The van der Waals surface area contributed by atoms with E-state index in [1.54, 1.807) is 0 Å². The highest BCUT2D eigenvalue weighted by atomic mass is 16.5. The number of likely N-dealkylation sites (tertiary alicyclic amines) is 1. The lowest BCUT2D eigenvalue weighted by Gasteiger charge is -2.49. The number of hydrogen-bond donors (Lipinski definition) is 1. The highest BCUT2D eigenvalue weighted by Crippen LogP contribution is 2.36. The van der Waals surface area contributed by atoms with Crippen LogP contribution in [0, 0.1) is 0 Å². The first kappa shape index (κ1) is 8.48. The van der Waals surface area contributed by atoms with Gasteiger partial charge in [0.15, 0.2) is 0 Å². The van der Waals surface area contributed by atoms with Crippen LogP contribution in [0.25, 0.3) is 0 Å². The second kappa shape index (κ2) is 2.69. The van der Waals surface area contributed by atoms with Crippen molar-refractivity contribution in [1.29, 1.82) is 0 Å². The molecule has 0 aromatic rings. The molecule has 1 atom stereocenters. The second-order valence-electron chi connectivity index (χ2n) is 4.28. The Morgan fingerprint density at radius 1 is 1.50 bits per heavy atom. The first-order valence-electron chi connectivity index (χ1n) is 4.77. The summed E-state index contributed by atoms with van der Waals surface area (Å²) in [7, 11) is 0. The van der Waals surface area contributed by atoms with Gasteiger partial charge in [-0.05, 0) is 20.3 Å². The van der Waals surface area contributed by atoms with Gasteiger partial charge in [0.2, 0.25) is 0 Å². The summed E-state index contributed by atoms with van der Waals surface area (Å²) in [4.78, 5) is 2.50. The molecule has 2 aliphatic heterocycles. The summed E-state index contributed by atoms with van der Waals surface area (Å²) in [6.07, 6.45) is 1.13. The Hall–Kier alpha value is -0.120. The number of rotatable bonds is 1. The molecular formula is C9H18N2O. The Labute approximate surface area is 73.9 Å². The highest BCUT2D eigenvalue weighted by Gasteiger charge is 2.53. The van der Waals surface area contributed by atoms with E-state index in [9.17, 15) is 0 Å². The summed E-state index contributed by atoms with van der Waals surface area (Å²) in [5.74, 6) is 0. The Balaban J connectivity index is 2.14. The van der Waals surface area contributed by atoms with Crippen molar-refractivity contribution in [2.75, 3.05) is 19.8 Å². The Morgan fingerprint density at radius 2 is 2.17 bits per heavy atom. The number of nitrogens with two attached hydrogens (primary N) is 1. The SMILES string of the molecule is CC(C)N1CCC(N)C12COC2. The van der Waals surface area contributed by atoms with E-state index in [1.165, 1.54) is 0 Å². The number of nitrogens with zero attached hydrogens (tertiary/aromatic N) is 1. The van der Waals surface area contributed by atoms with Gasteiger partial charge >= 0.3 is 0 Å². The zero-order chi connectivity index (χ0) is 8.77. The minimum absolute atomic E-state index is 0.203. The summed E-state index contributed by atoms with van der Waals surface area (Å²) in [6, 6.07) is 0.927. The summed E-state index contributed by atoms with van der Waals surface area (Å²) in [5.41, 5.74) is 6.28. The van der Waals surface area contributed by atoms with E-state index in [0.717, 1.165) is 26.2 Å². The molecule has 2 aliphatic rings. The van der Waals surface area contributed by atoms with E-state index in [0.29, 0.717) is 12.1 Å². The summed E-state index contributed by atoms with van der Waals surface area (Å²) in [6.45, 7) is 7.29. The maximum atomic E-state index is 6.08. The molecule has 1 spiro atoms. The van der Waals surface area contributed by atoms with E-state index in [1.807, 2.05) is 0 Å². The van der Waals surface area contributed by atoms with Crippen molar-refractivity contribution >= 4 is 0 Å². The van der Waals surface area contributed by atoms with Crippen LogP contribution in [0.5, 0.6) is 0 Å². The van der Waals surface area contributed by atoms with Gasteiger partial charge in [-0.1, -0.05) is 0 Å². The van der Waals surface area contributed by atoms with Crippen LogP contribution in [0.4, 0.5) is 0 Å². The molecule has 12 heavy (non-hydrogen) atoms. The van der Waals surface area contributed by atoms with Gasteiger partial charge in [-0.25, -0.2) is 0 Å². The minimum atomic E-state index is 0.203. The van der Waals surface area contributed by atoms with Crippen molar-refractivity contribution in [2.24, 2.45) is 5.73 Å². The molecule has 0 aliphatic carbocycles. The molecule has 0 saturated carbocycles. The minimum Gasteiger partial charge on any atom is -0.377 e. The average molecular weight is 170 g/mol. The third-order valence-corrected chi connectivity index (χ3v) is 3.27. The number of ether oxygens (including phenoxy) is 1. The van der Waals surface area contributed by atoms with Crippen molar-refractivity contribution in [2.45, 2.75) is 37.9 Å². The van der Waals surface area contributed by atoms with Crippen LogP contribution in [0.15, 0.2) is 0 Å². The molecule has 2 N–H and O–H groups in total. The quantitative estimate of drug-likeness (QED) is 0.611. The Kier molecular flexibility index (Phi) is 1.90. The first-order valence-corrected chi connectivity index (χ1v) is 4.77. The molecule has 70 valence electrons. The second-order valence-corrected chi connectivity index (χ2v) is 4.28. The van der Waals surface area contributed by atoms with Crippen LogP contribution >= 0.6 is 0 Å². The van der Waals surface area contributed by atoms with Crippen molar-refractivity contribution in [3.63, 3.8) is 0 Å². The molecule has 2 saturated heterocycles. The Bertz CT molecular complexity index is 177. The van der Waals surface area contributed by atoms with Crippen molar-refractivity contribution in [1.82, 2.24) is 4.90 Å². The highest BCUT2D eigenvalue weighted by molar-refractivity contribution is 5.09. The molecule has 0 amide bonds. The molecule has 3 heteroatoms. The lowest BCUT2D eigenvalue weighted by atomic mass is 9.89. The van der Waals surface area contributed by atoms with Gasteiger partial charge in [-0.15, -0.1) is 0 Å². The summed E-state index contributed by atoms with van der Waals surface area (Å²) in [5, 5.41) is 0. The van der Waals surface area contributed by atoms with Gasteiger partial charge < -0.3 is 10.5 Å². The van der Waals surface area contributed by atoms with Crippen molar-refractivity contribution in [3.05, 3.63) is 0 Å². The molecule has 3 nitrogen and oxygen atoms in total. The molecule has 2 fully saturated rings. The van der Waals surface area contributed by atoms with Crippen molar-refractivity contribution < 1.29 is 4.74 Å². The summed E-state index contributed by atoms with van der Waals surface area (Å²) < 4.78 is 5.29. The van der Waals surface area contributed by atoms with Crippen LogP contribution in [0.1, 0.15) is 20.3 Å². The Morgan fingerprint density at radius 3 is 2.50 bits per heavy atom. The number of hydrogen-bond acceptors (Lipinski definition) is 3. The van der Waals surface area contributed by atoms with E-state index >= 15 is 0 Å². The topological polar surface area (TPSA) is 38.5 Å². The van der Waals surface area contributed by atoms with Gasteiger partial charge in [-0.2, -0.15) is 0 Å². The van der Waals surface area contributed by atoms with Gasteiger partial charge in [0.1, 0.15) is 0 Å². The largest absolute Gasteiger partial charge is 0.377 e. The molecule has 2 heterocycles. The van der Waals surface area contributed by atoms with Gasteiger partial charge in [0, 0.05) is 18.6 Å². The third-order valence-electron chi connectivity index (χ3n) is 3.27. The van der Waals surface area contributed by atoms with Crippen LogP contribution in [-0.2, 0) is 4.74 Å². The standard InChI is InChI=1S/C9H18N2O/c1-7(2)11-4-3-8(10)9(11)5-12-6-9/h7-8H,3-6,10H2,1-2H3. The van der Waals surface area contributed by atoms with E-state index in [4.69, 9.17) is 10.5 Å². The van der Waals surface area contributed by atoms with Crippen LogP contribution in [-0.4, -0.2) is 42.3 Å². The van der Waals surface area contributed by atoms with E-state index in [2.05, 4.69) is 18.7 Å². The lowest BCUT2D eigenvalue weighted by molar-refractivity contribution is -0.137. The van der Waals surface area contributed by atoms with Gasteiger partial charge in [0.25, 0.3) is 0 Å². The zero-order valence-electron chi connectivity index (χ0n) is 7.92. The third kappa shape index (κ3) is 0.934. The predicted molar refractivity (Wildman–Crippen MR) is 48.0 cm³/mol. The van der Waals surface area contributed by atoms with Crippen LogP contribution < -0.4 is 5.73 Å². The van der Waals surface area contributed by atoms with Crippen molar-refractivity contribution in [3.8, 4) is 0 Å². The van der Waals surface area contributed by atoms with E-state index in [-0.39, 0.29) is 5.54 Å². The molecule has 0 radical (unpaired) electrons. The summed E-state index contributed by atoms with van der Waals surface area (Å²) >= 11 is 0. The molecule has 1 unspecified atom stereocenters. The zero-order valence-corrected chi connectivity index (χ0v) is 7.92. The monoisotopic (exact) mass is 170 g/mol. The predicted octanol–water partition coefficient (Wildman–Crippen LogP) is 0.197. The van der Waals surface area contributed by atoms with Crippen LogP contribution in [0.3, 0.4) is 0 Å². The van der Waals surface area contributed by atoms with Crippen LogP contribution in [0.2, 0.25) is 0 Å². The molecular weight excluding hydrogens is 152 g/mol. The normalized spacial score (nSPS) is 34.5. The average Bonchev–Trinajstić information content (AvgIpc) is 2.24. The fraction of sp³-hybridized carbons (Fsp3) is 1.00. The van der Waals surface area contributed by atoms with Gasteiger partial charge in [-0.3, -0.25) is 4.90 Å². The smallest absolute Gasteiger partial charge is 0.0833 e. The molecule has 2 rings (SSSR count). The maximum absolute atomic E-state index is 6.08. The van der Waals surface area contributed by atoms with E-state index < -0.39 is 0 Å². The van der Waals surface area contributed by atoms with Gasteiger partial charge in [0.05, 0.1) is 18.8 Å². The lowest BCUT2D eigenvalue weighted by Crippen LogP contribution is -2.67. The molecule has 0 bridgehead atoms. The molecule has 0 aromatic carbocycles. The fourth-order valence-electron chi connectivity index (χ4n) is 2.45.